The van der Waals surface area contributed by atoms with E-state index in [1.54, 1.807) is 18.3 Å². The van der Waals surface area contributed by atoms with E-state index in [0.717, 1.165) is 49.0 Å². The molecule has 2 N–H and O–H groups in total. The number of alkyl halides is 2. The van der Waals surface area contributed by atoms with Crippen molar-refractivity contribution in [3.8, 4) is 17.3 Å². The third-order valence-electron chi connectivity index (χ3n) is 8.53. The average Bonchev–Trinajstić information content (AvgIpc) is 3.28. The highest BCUT2D eigenvalue weighted by molar-refractivity contribution is 6.00. The molecule has 38 heavy (non-hydrogen) atoms. The van der Waals surface area contributed by atoms with E-state index in [9.17, 15) is 13.6 Å². The summed E-state index contributed by atoms with van der Waals surface area (Å²) in [6.07, 6.45) is 3.38. The molecule has 1 aliphatic heterocycles. The molecule has 3 aromatic heterocycles. The largest absolute Gasteiger partial charge is 0.494 e. The number of rotatable bonds is 7. The molecule has 0 unspecified atom stereocenters. The lowest BCUT2D eigenvalue weighted by Crippen LogP contribution is -2.41. The quantitative estimate of drug-likeness (QED) is 0.392. The molecule has 3 aliphatic rings. The Morgan fingerprint density at radius 3 is 2.71 bits per heavy atom. The summed E-state index contributed by atoms with van der Waals surface area (Å²) >= 11 is 0. The Hall–Kier alpha value is -3.53. The van der Waals surface area contributed by atoms with Gasteiger partial charge in [0, 0.05) is 42.3 Å². The zero-order valence-electron chi connectivity index (χ0n) is 21.2. The predicted molar refractivity (Wildman–Crippen MR) is 139 cm³/mol. The van der Waals surface area contributed by atoms with Crippen molar-refractivity contribution in [2.75, 3.05) is 13.7 Å². The van der Waals surface area contributed by atoms with E-state index in [-0.39, 0.29) is 18.0 Å². The number of hydrogen-bond acceptors (Lipinski definition) is 5. The number of carbonyl (C=O) groups excluding carboxylic acids is 1. The normalized spacial score (nSPS) is 22.9. The first-order valence-corrected chi connectivity index (χ1v) is 13.3. The van der Waals surface area contributed by atoms with Crippen molar-refractivity contribution in [1.29, 1.82) is 0 Å². The van der Waals surface area contributed by atoms with Gasteiger partial charge in [0.15, 0.2) is 5.82 Å². The number of fused-ring (bicyclic) bond motifs is 4. The fourth-order valence-corrected chi connectivity index (χ4v) is 6.48. The summed E-state index contributed by atoms with van der Waals surface area (Å²) in [6.45, 7) is 0.856. The first kappa shape index (κ1) is 23.6. The molecule has 0 radical (unpaired) electrons. The minimum Gasteiger partial charge on any atom is -0.494 e. The second kappa shape index (κ2) is 8.76. The number of aromatic nitrogens is 4. The predicted octanol–water partition coefficient (Wildman–Crippen LogP) is 4.30. The Bertz CT molecular complexity index is 1560. The molecule has 2 saturated carbocycles. The van der Waals surface area contributed by atoms with Crippen LogP contribution < -0.4 is 10.5 Å². The number of nitrogens with zero attached hydrogens (tertiary/aromatic N) is 5. The first-order chi connectivity index (χ1) is 18.4. The molecule has 198 valence electrons. The van der Waals surface area contributed by atoms with Gasteiger partial charge in [0.25, 0.3) is 12.3 Å². The number of piperidine rings is 1. The molecule has 4 aromatic rings. The number of nitrogens with two attached hydrogens (primary N) is 1. The van der Waals surface area contributed by atoms with Crippen LogP contribution in [0.3, 0.4) is 0 Å². The SMILES string of the molecule is COc1cc(C(=O)N2C[C@H]3CC[C@@H]2[C@@H]3N)cc2nc(-c3cc4cccnc4n3CC3CC3)n(CC(F)F)c12. The van der Waals surface area contributed by atoms with E-state index in [1.165, 1.54) is 11.7 Å². The van der Waals surface area contributed by atoms with Crippen LogP contribution in [0.1, 0.15) is 36.0 Å². The van der Waals surface area contributed by atoms with Gasteiger partial charge in [-0.15, -0.1) is 0 Å². The Morgan fingerprint density at radius 2 is 2.03 bits per heavy atom. The molecule has 2 aliphatic carbocycles. The van der Waals surface area contributed by atoms with Crippen LogP contribution in [0.5, 0.6) is 5.75 Å². The Labute approximate surface area is 218 Å². The highest BCUT2D eigenvalue weighted by Gasteiger charge is 2.47. The maximum atomic E-state index is 13.9. The second-order valence-electron chi connectivity index (χ2n) is 10.9. The van der Waals surface area contributed by atoms with Gasteiger partial charge in [-0.2, -0.15) is 0 Å². The van der Waals surface area contributed by atoms with Crippen LogP contribution in [-0.4, -0.2) is 62.1 Å². The molecule has 2 bridgehead atoms. The number of amides is 1. The van der Waals surface area contributed by atoms with Crippen LogP contribution in [0.2, 0.25) is 0 Å². The molecule has 1 saturated heterocycles. The van der Waals surface area contributed by atoms with E-state index in [4.69, 9.17) is 15.5 Å². The number of carbonyl (C=O) groups is 1. The fraction of sp³-hybridized carbons (Fsp3) is 0.464. The van der Waals surface area contributed by atoms with Crippen LogP contribution in [0.25, 0.3) is 33.6 Å². The molecule has 1 amide bonds. The summed E-state index contributed by atoms with van der Waals surface area (Å²) in [5.41, 5.74) is 9.23. The lowest BCUT2D eigenvalue weighted by Gasteiger charge is -2.27. The number of likely N-dealkylation sites (tertiary alicyclic amines) is 1. The number of ether oxygens (including phenoxy) is 1. The lowest BCUT2D eigenvalue weighted by atomic mass is 10.1. The van der Waals surface area contributed by atoms with Gasteiger partial charge in [-0.1, -0.05) is 0 Å². The van der Waals surface area contributed by atoms with Crippen molar-refractivity contribution >= 4 is 28.0 Å². The Balaban J connectivity index is 1.39. The van der Waals surface area contributed by atoms with Crippen molar-refractivity contribution in [2.24, 2.45) is 17.6 Å². The van der Waals surface area contributed by atoms with Crippen molar-refractivity contribution in [3.05, 3.63) is 42.1 Å². The summed E-state index contributed by atoms with van der Waals surface area (Å²) in [4.78, 5) is 24.9. The zero-order valence-corrected chi connectivity index (χ0v) is 21.2. The number of imidazole rings is 1. The number of benzene rings is 1. The smallest absolute Gasteiger partial charge is 0.256 e. The number of halogens is 2. The minimum atomic E-state index is -2.60. The molecule has 7 rings (SSSR count). The van der Waals surface area contributed by atoms with Gasteiger partial charge in [0.1, 0.15) is 16.9 Å². The summed E-state index contributed by atoms with van der Waals surface area (Å²) in [7, 11) is 1.49. The summed E-state index contributed by atoms with van der Waals surface area (Å²) < 4.78 is 37.2. The van der Waals surface area contributed by atoms with Crippen molar-refractivity contribution < 1.29 is 18.3 Å². The van der Waals surface area contributed by atoms with Crippen molar-refractivity contribution in [3.63, 3.8) is 0 Å². The third kappa shape index (κ3) is 3.68. The summed E-state index contributed by atoms with van der Waals surface area (Å²) in [5, 5.41) is 0.932. The van der Waals surface area contributed by atoms with Gasteiger partial charge in [-0.3, -0.25) is 4.79 Å². The van der Waals surface area contributed by atoms with Crippen LogP contribution in [0.4, 0.5) is 8.78 Å². The fourth-order valence-electron chi connectivity index (χ4n) is 6.48. The Kier molecular flexibility index (Phi) is 5.43. The monoisotopic (exact) mass is 520 g/mol. The van der Waals surface area contributed by atoms with Gasteiger partial charge in [-0.25, -0.2) is 18.7 Å². The zero-order chi connectivity index (χ0) is 26.1. The Morgan fingerprint density at radius 1 is 1.18 bits per heavy atom. The summed E-state index contributed by atoms with van der Waals surface area (Å²) in [6, 6.07) is 9.20. The molecular formula is C28H30F2N6O2. The van der Waals surface area contributed by atoms with Crippen LogP contribution in [0.15, 0.2) is 36.5 Å². The summed E-state index contributed by atoms with van der Waals surface area (Å²) in [5.74, 6) is 1.52. The molecule has 3 fully saturated rings. The van der Waals surface area contributed by atoms with Crippen LogP contribution >= 0.6 is 0 Å². The van der Waals surface area contributed by atoms with Crippen molar-refractivity contribution in [2.45, 2.75) is 57.3 Å². The molecule has 3 atom stereocenters. The van der Waals surface area contributed by atoms with Crippen molar-refractivity contribution in [1.82, 2.24) is 24.0 Å². The van der Waals surface area contributed by atoms with E-state index in [2.05, 4.69) is 9.55 Å². The van der Waals surface area contributed by atoms with Gasteiger partial charge < -0.3 is 24.5 Å². The van der Waals surface area contributed by atoms with Crippen LogP contribution in [-0.2, 0) is 13.1 Å². The second-order valence-corrected chi connectivity index (χ2v) is 10.9. The number of hydrogen-bond donors (Lipinski definition) is 1. The highest BCUT2D eigenvalue weighted by Crippen LogP contribution is 2.40. The number of methoxy groups -OCH3 is 1. The lowest BCUT2D eigenvalue weighted by molar-refractivity contribution is 0.0700. The van der Waals surface area contributed by atoms with E-state index >= 15 is 0 Å². The van der Waals surface area contributed by atoms with Crippen LogP contribution in [0, 0.1) is 11.8 Å². The van der Waals surface area contributed by atoms with E-state index in [0.29, 0.717) is 46.6 Å². The third-order valence-corrected chi connectivity index (χ3v) is 8.53. The van der Waals surface area contributed by atoms with Gasteiger partial charge in [0.2, 0.25) is 0 Å². The molecule has 1 aromatic carbocycles. The van der Waals surface area contributed by atoms with Gasteiger partial charge in [0.05, 0.1) is 24.9 Å². The molecule has 10 heteroatoms. The standard InChI is InChI=1S/C28H30F2N6O2/c1-38-22-11-18(28(37)35-13-17-6-7-20(35)24(17)31)9-19-25(22)36(14-23(29)30)27(33-19)21-10-16-3-2-8-32-26(16)34(21)12-15-4-5-15/h2-3,8-11,15,17,20,23-24H,4-7,12-14,31H2,1H3/t17-,20-,24-/m1/s1. The average molecular weight is 521 g/mol. The van der Waals surface area contributed by atoms with Gasteiger partial charge in [-0.05, 0) is 67.9 Å². The first-order valence-electron chi connectivity index (χ1n) is 13.3. The maximum absolute atomic E-state index is 13.9. The molecule has 4 heterocycles. The molecular weight excluding hydrogens is 490 g/mol. The number of pyridine rings is 1. The molecule has 0 spiro atoms. The van der Waals surface area contributed by atoms with E-state index < -0.39 is 13.0 Å². The topological polar surface area (TPSA) is 91.2 Å². The highest BCUT2D eigenvalue weighted by atomic mass is 19.3. The van der Waals surface area contributed by atoms with E-state index in [1.807, 2.05) is 23.1 Å². The van der Waals surface area contributed by atoms with Gasteiger partial charge >= 0.3 is 0 Å². The minimum absolute atomic E-state index is 0.00317. The maximum Gasteiger partial charge on any atom is 0.256 e. The molecule has 8 nitrogen and oxygen atoms in total.